The van der Waals surface area contributed by atoms with E-state index in [1.54, 1.807) is 31.0 Å². The Kier molecular flexibility index (Phi) is 7.66. The third-order valence-electron chi connectivity index (χ3n) is 6.87. The summed E-state index contributed by atoms with van der Waals surface area (Å²) in [5.41, 5.74) is 2.15. The first kappa shape index (κ1) is 26.4. The van der Waals surface area contributed by atoms with Gasteiger partial charge in [-0.25, -0.2) is 18.1 Å². The van der Waals surface area contributed by atoms with Gasteiger partial charge in [-0.1, -0.05) is 19.1 Å². The molecule has 1 aliphatic heterocycles. The maximum Gasteiger partial charge on any atom is 0.272 e. The number of ether oxygens (including phenoxy) is 1. The molecular weight excluding hydrogens is 493 g/mol. The number of fused-ring (bicyclic) bond motifs is 1. The van der Waals surface area contributed by atoms with Gasteiger partial charge in [-0.2, -0.15) is 5.26 Å². The fraction of sp³-hybridized carbons (Fsp3) is 0.333. The number of aryl methyl sites for hydroxylation is 2. The largest absolute Gasteiger partial charge is 0.497 e. The number of rotatable bonds is 7. The van der Waals surface area contributed by atoms with Crippen molar-refractivity contribution in [2.75, 3.05) is 12.4 Å². The lowest BCUT2D eigenvalue weighted by molar-refractivity contribution is 0.101. The molecule has 3 aromatic rings. The van der Waals surface area contributed by atoms with Crippen molar-refractivity contribution < 1.29 is 18.1 Å². The molecule has 0 spiro atoms. The van der Waals surface area contributed by atoms with Gasteiger partial charge in [0.15, 0.2) is 0 Å². The van der Waals surface area contributed by atoms with Gasteiger partial charge in [-0.15, -0.1) is 0 Å². The molecule has 0 bridgehead atoms. The molecule has 0 saturated heterocycles. The van der Waals surface area contributed by atoms with Gasteiger partial charge < -0.3 is 14.6 Å². The van der Waals surface area contributed by atoms with Crippen molar-refractivity contribution in [3.05, 3.63) is 76.9 Å². The molecule has 2 unspecified atom stereocenters. The Balaban J connectivity index is 1.51. The molecule has 1 aromatic heterocycles. The number of aromatic nitrogens is 1. The molecule has 0 fully saturated rings. The van der Waals surface area contributed by atoms with Crippen LogP contribution >= 0.6 is 0 Å². The summed E-state index contributed by atoms with van der Waals surface area (Å²) in [6, 6.07) is 13.3. The molecule has 2 aromatic carbocycles. The summed E-state index contributed by atoms with van der Waals surface area (Å²) in [7, 11) is -0.0505. The first-order valence-corrected chi connectivity index (χ1v) is 13.6. The number of amides is 1. The second kappa shape index (κ2) is 10.7. The molecule has 3 N–H and O–H groups in total. The number of hydrogen-bond acceptors (Lipinski definition) is 5. The van der Waals surface area contributed by atoms with Crippen LogP contribution in [0.5, 0.6) is 5.75 Å². The first-order valence-electron chi connectivity index (χ1n) is 12.0. The standard InChI is InChI=1S/C27H30FN5O3S/c1-17(4-5-18-6-9-21(36-3)10-7-18)24-13-11-22-25(37(30,35)32-24)16-33(2)26(22)27(34)31-20-8-12-23(28)19(14-20)15-29/h6-10,12,14,16-17,24H,4-5,11,13H2,1-3H3,(H,31,34)(H2,30,32,35)/t17-,24?,37?/m0/s1. The van der Waals surface area contributed by atoms with Gasteiger partial charge >= 0.3 is 0 Å². The quantitative estimate of drug-likeness (QED) is 0.412. The number of hydrogen-bond donors (Lipinski definition) is 3. The summed E-state index contributed by atoms with van der Waals surface area (Å²) < 4.78 is 45.7. The fourth-order valence-corrected chi connectivity index (χ4v) is 6.49. The van der Waals surface area contributed by atoms with Crippen molar-refractivity contribution >= 4 is 21.5 Å². The zero-order valence-electron chi connectivity index (χ0n) is 21.0. The van der Waals surface area contributed by atoms with E-state index in [9.17, 15) is 13.4 Å². The predicted octanol–water partition coefficient (Wildman–Crippen LogP) is 4.79. The van der Waals surface area contributed by atoms with Crippen LogP contribution in [0.15, 0.2) is 53.6 Å². The van der Waals surface area contributed by atoms with E-state index in [0.29, 0.717) is 29.0 Å². The van der Waals surface area contributed by atoms with Crippen LogP contribution in [0, 0.1) is 27.8 Å². The molecule has 3 atom stereocenters. The minimum atomic E-state index is -3.35. The van der Waals surface area contributed by atoms with Crippen LogP contribution in [-0.4, -0.2) is 27.8 Å². The number of anilines is 1. The minimum absolute atomic E-state index is 0.145. The van der Waals surface area contributed by atoms with Crippen LogP contribution in [0.25, 0.3) is 0 Å². The molecule has 0 saturated carbocycles. The normalized spacial score (nSPS) is 19.8. The molecule has 2 heterocycles. The number of nitrogens with one attached hydrogen (secondary N) is 3. The minimum Gasteiger partial charge on any atom is -0.497 e. The number of nitrogens with zero attached hydrogens (tertiary/aromatic N) is 2. The summed E-state index contributed by atoms with van der Waals surface area (Å²) in [6.07, 6.45) is 4.35. The van der Waals surface area contributed by atoms with Gasteiger partial charge in [0.1, 0.15) is 33.2 Å². The highest BCUT2D eigenvalue weighted by molar-refractivity contribution is 7.90. The van der Waals surface area contributed by atoms with Crippen LogP contribution in [0.3, 0.4) is 0 Å². The molecule has 4 rings (SSSR count). The van der Waals surface area contributed by atoms with Crippen LogP contribution in [0.1, 0.15) is 46.9 Å². The molecule has 10 heteroatoms. The molecule has 194 valence electrons. The van der Waals surface area contributed by atoms with Gasteiger partial charge in [0.05, 0.1) is 17.6 Å². The highest BCUT2D eigenvalue weighted by atomic mass is 32.2. The first-order chi connectivity index (χ1) is 17.6. The number of carbonyl (C=O) groups is 1. The Labute approximate surface area is 216 Å². The lowest BCUT2D eigenvalue weighted by Crippen LogP contribution is -2.37. The number of halogens is 1. The van der Waals surface area contributed by atoms with E-state index in [1.165, 1.54) is 17.7 Å². The van der Waals surface area contributed by atoms with Crippen molar-refractivity contribution in [1.29, 1.82) is 10.0 Å². The van der Waals surface area contributed by atoms with Gasteiger partial charge in [0.2, 0.25) is 0 Å². The van der Waals surface area contributed by atoms with E-state index in [-0.39, 0.29) is 23.2 Å². The number of nitriles is 1. The topological polar surface area (TPSA) is 120 Å². The van der Waals surface area contributed by atoms with Gasteiger partial charge in [-0.05, 0) is 67.5 Å². The third kappa shape index (κ3) is 5.68. The zero-order chi connectivity index (χ0) is 26.7. The zero-order valence-corrected chi connectivity index (χ0v) is 21.8. The van der Waals surface area contributed by atoms with Crippen molar-refractivity contribution in [2.24, 2.45) is 13.0 Å². The Bertz CT molecular complexity index is 1460. The molecule has 0 radical (unpaired) electrons. The highest BCUT2D eigenvalue weighted by Crippen LogP contribution is 2.31. The molecule has 1 aliphatic rings. The van der Waals surface area contributed by atoms with Crippen molar-refractivity contribution in [3.8, 4) is 11.8 Å². The van der Waals surface area contributed by atoms with E-state index in [2.05, 4.69) is 17.0 Å². The predicted molar refractivity (Wildman–Crippen MR) is 139 cm³/mol. The summed E-state index contributed by atoms with van der Waals surface area (Å²) in [6.45, 7) is 2.08. The number of carbonyl (C=O) groups excluding carboxylic acids is 1. The lowest BCUT2D eigenvalue weighted by atomic mass is 9.91. The van der Waals surface area contributed by atoms with E-state index in [1.807, 2.05) is 24.3 Å². The summed E-state index contributed by atoms with van der Waals surface area (Å²) in [4.78, 5) is 13.5. The average molecular weight is 524 g/mol. The smallest absolute Gasteiger partial charge is 0.272 e. The Morgan fingerprint density at radius 2 is 2.08 bits per heavy atom. The van der Waals surface area contributed by atoms with Crippen LogP contribution in [0.4, 0.5) is 10.1 Å². The summed E-state index contributed by atoms with van der Waals surface area (Å²) in [5, 5.41) is 11.8. The molecule has 37 heavy (non-hydrogen) atoms. The van der Waals surface area contributed by atoms with Gasteiger partial charge in [0, 0.05) is 30.5 Å². The molecule has 1 amide bonds. The van der Waals surface area contributed by atoms with Crippen LogP contribution in [0.2, 0.25) is 0 Å². The van der Waals surface area contributed by atoms with Gasteiger partial charge in [0.25, 0.3) is 5.91 Å². The van der Waals surface area contributed by atoms with Crippen molar-refractivity contribution in [1.82, 2.24) is 9.29 Å². The van der Waals surface area contributed by atoms with E-state index in [4.69, 9.17) is 14.8 Å². The summed E-state index contributed by atoms with van der Waals surface area (Å²) >= 11 is 0. The maximum atomic E-state index is 13.7. The molecular formula is C27H30FN5O3S. The lowest BCUT2D eigenvalue weighted by Gasteiger charge is -2.24. The Morgan fingerprint density at radius 3 is 2.76 bits per heavy atom. The second-order valence-corrected chi connectivity index (χ2v) is 11.2. The van der Waals surface area contributed by atoms with E-state index < -0.39 is 21.6 Å². The van der Waals surface area contributed by atoms with E-state index in [0.717, 1.165) is 24.7 Å². The Morgan fingerprint density at radius 1 is 1.35 bits per heavy atom. The van der Waals surface area contributed by atoms with Crippen molar-refractivity contribution in [2.45, 2.75) is 43.5 Å². The number of methoxy groups -OCH3 is 1. The van der Waals surface area contributed by atoms with Crippen LogP contribution < -0.4 is 14.8 Å². The average Bonchev–Trinajstić information content (AvgIpc) is 3.17. The monoisotopic (exact) mass is 523 g/mol. The number of benzene rings is 2. The third-order valence-corrected chi connectivity index (χ3v) is 8.48. The highest BCUT2D eigenvalue weighted by Gasteiger charge is 2.32. The summed E-state index contributed by atoms with van der Waals surface area (Å²) in [5.74, 6) is -0.188. The fourth-order valence-electron chi connectivity index (χ4n) is 4.74. The van der Waals surface area contributed by atoms with E-state index >= 15 is 0 Å². The second-order valence-electron chi connectivity index (χ2n) is 9.38. The maximum absolute atomic E-state index is 13.7. The molecule has 0 aliphatic carbocycles. The Hall–Kier alpha value is -3.68. The SMILES string of the molecule is COc1ccc(CC[C@H](C)C2CCc3c(cn(C)c3C(=O)Nc3ccc(F)c(C#N)c3)S(=N)(=O)N2)cc1. The van der Waals surface area contributed by atoms with Gasteiger partial charge in [-0.3, -0.25) is 4.79 Å². The molecule has 8 nitrogen and oxygen atoms in total. The van der Waals surface area contributed by atoms with Crippen LogP contribution in [-0.2, 0) is 29.8 Å². The van der Waals surface area contributed by atoms with Crippen molar-refractivity contribution in [3.63, 3.8) is 0 Å².